The highest BCUT2D eigenvalue weighted by molar-refractivity contribution is 5.72. The molecule has 1 aromatic carbocycles. The van der Waals surface area contributed by atoms with Crippen LogP contribution < -0.4 is 15.4 Å². The monoisotopic (exact) mass is 262 g/mol. The first-order valence-corrected chi connectivity index (χ1v) is 6.96. The minimum Gasteiger partial charge on any atom is -0.487 e. The second-order valence-electron chi connectivity index (χ2n) is 6.34. The van der Waals surface area contributed by atoms with Crippen LogP contribution in [-0.4, -0.2) is 30.4 Å². The number of ether oxygens (including phenoxy) is 1. The molecular weight excluding hydrogens is 240 g/mol. The number of benzene rings is 1. The van der Waals surface area contributed by atoms with Gasteiger partial charge in [-0.05, 0) is 26.3 Å². The van der Waals surface area contributed by atoms with Crippen molar-refractivity contribution >= 4 is 11.4 Å². The number of aliphatic hydroxyl groups is 1. The van der Waals surface area contributed by atoms with E-state index in [1.807, 2.05) is 6.07 Å². The molecule has 3 N–H and O–H groups in total. The van der Waals surface area contributed by atoms with Crippen molar-refractivity contribution in [2.75, 3.05) is 30.3 Å². The first kappa shape index (κ1) is 12.6. The molecule has 0 spiro atoms. The van der Waals surface area contributed by atoms with Gasteiger partial charge >= 0.3 is 0 Å². The average molecular weight is 262 g/mol. The summed E-state index contributed by atoms with van der Waals surface area (Å²) in [6.07, 6.45) is 1.94. The SMILES string of the molecule is CC1(C)Cc2cc(N)c(N3CC[C@@H](CO)C3)cc2O1. The lowest BCUT2D eigenvalue weighted by molar-refractivity contribution is 0.138. The maximum Gasteiger partial charge on any atom is 0.125 e. The van der Waals surface area contributed by atoms with Gasteiger partial charge in [0.05, 0.1) is 11.4 Å². The third-order valence-electron chi connectivity index (χ3n) is 4.10. The van der Waals surface area contributed by atoms with E-state index in [9.17, 15) is 5.11 Å². The predicted molar refractivity (Wildman–Crippen MR) is 76.7 cm³/mol. The van der Waals surface area contributed by atoms with Crippen LogP contribution >= 0.6 is 0 Å². The molecule has 1 aromatic rings. The van der Waals surface area contributed by atoms with Gasteiger partial charge in [-0.3, -0.25) is 0 Å². The van der Waals surface area contributed by atoms with Gasteiger partial charge in [0.1, 0.15) is 11.4 Å². The summed E-state index contributed by atoms with van der Waals surface area (Å²) in [7, 11) is 0. The van der Waals surface area contributed by atoms with Gasteiger partial charge in [-0.1, -0.05) is 0 Å². The highest BCUT2D eigenvalue weighted by atomic mass is 16.5. The fraction of sp³-hybridized carbons (Fsp3) is 0.600. The van der Waals surface area contributed by atoms with Crippen molar-refractivity contribution < 1.29 is 9.84 Å². The highest BCUT2D eigenvalue weighted by Gasteiger charge is 2.32. The van der Waals surface area contributed by atoms with E-state index in [1.54, 1.807) is 0 Å². The Bertz CT molecular complexity index is 499. The lowest BCUT2D eigenvalue weighted by Gasteiger charge is -2.21. The summed E-state index contributed by atoms with van der Waals surface area (Å²) in [6.45, 7) is 6.28. The summed E-state index contributed by atoms with van der Waals surface area (Å²) >= 11 is 0. The van der Waals surface area contributed by atoms with Crippen LogP contribution in [0.3, 0.4) is 0 Å². The number of nitrogen functional groups attached to an aromatic ring is 1. The van der Waals surface area contributed by atoms with Crippen molar-refractivity contribution in [3.8, 4) is 5.75 Å². The number of hydrogen-bond acceptors (Lipinski definition) is 4. The summed E-state index contributed by atoms with van der Waals surface area (Å²) in [6, 6.07) is 4.12. The molecule has 3 rings (SSSR count). The number of anilines is 2. The molecule has 4 heteroatoms. The van der Waals surface area contributed by atoms with Crippen LogP contribution in [0.1, 0.15) is 25.8 Å². The zero-order chi connectivity index (χ0) is 13.6. The minimum atomic E-state index is -0.133. The van der Waals surface area contributed by atoms with Gasteiger partial charge in [-0.15, -0.1) is 0 Å². The third kappa shape index (κ3) is 2.25. The van der Waals surface area contributed by atoms with E-state index in [0.717, 1.165) is 43.1 Å². The van der Waals surface area contributed by atoms with Crippen molar-refractivity contribution in [1.82, 2.24) is 0 Å². The lowest BCUT2D eigenvalue weighted by Crippen LogP contribution is -2.24. The van der Waals surface area contributed by atoms with Crippen LogP contribution in [0.25, 0.3) is 0 Å². The Morgan fingerprint density at radius 1 is 1.47 bits per heavy atom. The summed E-state index contributed by atoms with van der Waals surface area (Å²) in [5.74, 6) is 1.33. The van der Waals surface area contributed by atoms with Crippen LogP contribution in [0.15, 0.2) is 12.1 Å². The van der Waals surface area contributed by atoms with E-state index in [-0.39, 0.29) is 12.2 Å². The normalized spacial score (nSPS) is 24.4. The van der Waals surface area contributed by atoms with Gasteiger partial charge in [0.25, 0.3) is 0 Å². The molecule has 0 bridgehead atoms. The summed E-state index contributed by atoms with van der Waals surface area (Å²) in [5.41, 5.74) is 9.12. The predicted octanol–water partition coefficient (Wildman–Crippen LogP) is 1.80. The molecule has 1 atom stereocenters. The van der Waals surface area contributed by atoms with E-state index < -0.39 is 0 Å². The Kier molecular flexibility index (Phi) is 2.86. The van der Waals surface area contributed by atoms with Gasteiger partial charge in [0.15, 0.2) is 0 Å². The second-order valence-corrected chi connectivity index (χ2v) is 6.34. The van der Waals surface area contributed by atoms with Gasteiger partial charge in [0, 0.05) is 43.7 Å². The van der Waals surface area contributed by atoms with E-state index in [0.29, 0.717) is 5.92 Å². The molecule has 1 fully saturated rings. The van der Waals surface area contributed by atoms with E-state index in [4.69, 9.17) is 10.5 Å². The van der Waals surface area contributed by atoms with Crippen molar-refractivity contribution in [3.63, 3.8) is 0 Å². The van der Waals surface area contributed by atoms with E-state index in [2.05, 4.69) is 24.8 Å². The maximum absolute atomic E-state index is 9.24. The Balaban J connectivity index is 1.89. The Morgan fingerprint density at radius 2 is 2.26 bits per heavy atom. The number of fused-ring (bicyclic) bond motifs is 1. The van der Waals surface area contributed by atoms with Gasteiger partial charge in [-0.2, -0.15) is 0 Å². The first-order chi connectivity index (χ1) is 8.98. The number of nitrogens with two attached hydrogens (primary N) is 1. The molecule has 2 aliphatic rings. The van der Waals surface area contributed by atoms with E-state index >= 15 is 0 Å². The lowest BCUT2D eigenvalue weighted by atomic mass is 10.0. The van der Waals surface area contributed by atoms with E-state index in [1.165, 1.54) is 5.56 Å². The number of aliphatic hydroxyl groups excluding tert-OH is 1. The molecule has 1 saturated heterocycles. The van der Waals surface area contributed by atoms with Gasteiger partial charge < -0.3 is 20.5 Å². The maximum atomic E-state index is 9.24. The molecule has 104 valence electrons. The molecule has 19 heavy (non-hydrogen) atoms. The zero-order valence-electron chi connectivity index (χ0n) is 11.6. The van der Waals surface area contributed by atoms with Crippen molar-refractivity contribution in [2.24, 2.45) is 5.92 Å². The fourth-order valence-corrected chi connectivity index (χ4v) is 3.13. The smallest absolute Gasteiger partial charge is 0.125 e. The fourth-order valence-electron chi connectivity index (χ4n) is 3.13. The molecule has 0 amide bonds. The van der Waals surface area contributed by atoms with Crippen LogP contribution in [0.2, 0.25) is 0 Å². The minimum absolute atomic E-state index is 0.133. The summed E-state index contributed by atoms with van der Waals surface area (Å²) in [4.78, 5) is 2.26. The number of hydrogen-bond donors (Lipinski definition) is 2. The molecule has 0 aliphatic carbocycles. The van der Waals surface area contributed by atoms with Crippen molar-refractivity contribution in [1.29, 1.82) is 0 Å². The zero-order valence-corrected chi connectivity index (χ0v) is 11.6. The van der Waals surface area contributed by atoms with Gasteiger partial charge in [0.2, 0.25) is 0 Å². The largest absolute Gasteiger partial charge is 0.487 e. The Labute approximate surface area is 114 Å². The quantitative estimate of drug-likeness (QED) is 0.798. The van der Waals surface area contributed by atoms with Crippen LogP contribution in [0.5, 0.6) is 5.75 Å². The Morgan fingerprint density at radius 3 is 2.95 bits per heavy atom. The van der Waals surface area contributed by atoms with Crippen LogP contribution in [0.4, 0.5) is 11.4 Å². The first-order valence-electron chi connectivity index (χ1n) is 6.96. The van der Waals surface area contributed by atoms with Gasteiger partial charge in [-0.25, -0.2) is 0 Å². The molecule has 0 saturated carbocycles. The Hall–Kier alpha value is -1.42. The average Bonchev–Trinajstić information content (AvgIpc) is 2.90. The topological polar surface area (TPSA) is 58.7 Å². The van der Waals surface area contributed by atoms with Crippen molar-refractivity contribution in [2.45, 2.75) is 32.3 Å². The third-order valence-corrected chi connectivity index (χ3v) is 4.10. The number of nitrogens with zero attached hydrogens (tertiary/aromatic N) is 1. The number of rotatable bonds is 2. The van der Waals surface area contributed by atoms with Crippen LogP contribution in [-0.2, 0) is 6.42 Å². The van der Waals surface area contributed by atoms with Crippen LogP contribution in [0, 0.1) is 5.92 Å². The molecule has 0 unspecified atom stereocenters. The molecule has 0 aromatic heterocycles. The summed E-state index contributed by atoms with van der Waals surface area (Å²) in [5, 5.41) is 9.24. The molecular formula is C15H22N2O2. The molecule has 0 radical (unpaired) electrons. The second kappa shape index (κ2) is 4.30. The molecule has 4 nitrogen and oxygen atoms in total. The molecule has 2 aliphatic heterocycles. The summed E-state index contributed by atoms with van der Waals surface area (Å²) < 4.78 is 5.97. The molecule has 2 heterocycles. The standard InChI is InChI=1S/C15H22N2O2/c1-15(2)7-11-5-12(16)13(6-14(11)19-15)17-4-3-10(8-17)9-18/h5-6,10,18H,3-4,7-9,16H2,1-2H3/t10-/m1/s1. The highest BCUT2D eigenvalue weighted by Crippen LogP contribution is 2.41. The van der Waals surface area contributed by atoms with Crippen molar-refractivity contribution in [3.05, 3.63) is 17.7 Å².